The van der Waals surface area contributed by atoms with Crippen molar-refractivity contribution in [1.82, 2.24) is 4.90 Å². The Morgan fingerprint density at radius 3 is 2.48 bits per heavy atom. The molecule has 1 aromatic carbocycles. The Labute approximate surface area is 132 Å². The predicted molar refractivity (Wildman–Crippen MR) is 77.0 cm³/mol. The van der Waals surface area contributed by atoms with Crippen LogP contribution in [0.1, 0.15) is 23.1 Å². The van der Waals surface area contributed by atoms with Gasteiger partial charge in [-0.05, 0) is 37.5 Å². The maximum atomic E-state index is 12.4. The molecule has 1 unspecified atom stereocenters. The monoisotopic (exact) mass is 329 g/mol. The molecular weight excluding hydrogens is 311 g/mol. The highest BCUT2D eigenvalue weighted by molar-refractivity contribution is 5.87. The van der Waals surface area contributed by atoms with Crippen molar-refractivity contribution in [1.29, 1.82) is 0 Å². The van der Waals surface area contributed by atoms with Crippen molar-refractivity contribution < 1.29 is 27.5 Å². The lowest BCUT2D eigenvalue weighted by Gasteiger charge is -2.18. The van der Waals surface area contributed by atoms with Crippen molar-refractivity contribution in [2.45, 2.75) is 33.4 Å². The molecule has 0 bridgehead atoms. The van der Waals surface area contributed by atoms with E-state index in [2.05, 4.69) is 0 Å². The minimum absolute atomic E-state index is 0.251. The van der Waals surface area contributed by atoms with Crippen molar-refractivity contribution in [3.63, 3.8) is 0 Å². The lowest BCUT2D eigenvalue weighted by atomic mass is 10.0. The molecule has 0 N–H and O–H groups in total. The Morgan fingerprint density at radius 2 is 1.87 bits per heavy atom. The first kappa shape index (κ1) is 17.3. The topological polar surface area (TPSA) is 46.6 Å². The van der Waals surface area contributed by atoms with E-state index in [1.165, 1.54) is 0 Å². The Kier molecular flexibility index (Phi) is 4.68. The summed E-state index contributed by atoms with van der Waals surface area (Å²) >= 11 is 0. The van der Waals surface area contributed by atoms with Gasteiger partial charge in [-0.2, -0.15) is 13.2 Å². The number of benzene rings is 1. The van der Waals surface area contributed by atoms with E-state index in [0.717, 1.165) is 16.7 Å². The number of carbonyl (C=O) groups is 2. The van der Waals surface area contributed by atoms with E-state index >= 15 is 0 Å². The molecule has 1 amide bonds. The minimum atomic E-state index is -4.47. The fourth-order valence-electron chi connectivity index (χ4n) is 2.57. The van der Waals surface area contributed by atoms with Crippen molar-refractivity contribution in [2.75, 3.05) is 13.1 Å². The van der Waals surface area contributed by atoms with Crippen molar-refractivity contribution in [2.24, 2.45) is 5.92 Å². The van der Waals surface area contributed by atoms with Crippen LogP contribution in [-0.2, 0) is 9.59 Å². The van der Waals surface area contributed by atoms with E-state index in [1.54, 1.807) is 19.9 Å². The fraction of sp³-hybridized carbons (Fsp3) is 0.500. The number of rotatable bonds is 3. The molecule has 1 saturated heterocycles. The number of alkyl halides is 3. The van der Waals surface area contributed by atoms with Crippen molar-refractivity contribution >= 4 is 11.9 Å². The highest BCUT2D eigenvalue weighted by Gasteiger charge is 2.41. The van der Waals surface area contributed by atoms with Gasteiger partial charge in [0, 0.05) is 13.0 Å². The molecule has 23 heavy (non-hydrogen) atoms. The van der Waals surface area contributed by atoms with Crippen LogP contribution in [0.3, 0.4) is 0 Å². The summed E-state index contributed by atoms with van der Waals surface area (Å²) in [5.41, 5.74) is 2.51. The van der Waals surface area contributed by atoms with Crippen molar-refractivity contribution in [3.05, 3.63) is 28.8 Å². The third kappa shape index (κ3) is 4.03. The van der Waals surface area contributed by atoms with Crippen LogP contribution >= 0.6 is 0 Å². The Morgan fingerprint density at radius 1 is 1.26 bits per heavy atom. The molecular formula is C16H18F3NO3. The summed E-state index contributed by atoms with van der Waals surface area (Å²) in [6.07, 6.45) is -4.73. The van der Waals surface area contributed by atoms with E-state index < -0.39 is 30.5 Å². The van der Waals surface area contributed by atoms with Crippen LogP contribution in [0.2, 0.25) is 0 Å². The maximum absolute atomic E-state index is 12.4. The van der Waals surface area contributed by atoms with Gasteiger partial charge in [-0.15, -0.1) is 0 Å². The van der Waals surface area contributed by atoms with Gasteiger partial charge in [-0.3, -0.25) is 9.59 Å². The van der Waals surface area contributed by atoms with Gasteiger partial charge in [0.1, 0.15) is 12.3 Å². The first-order chi connectivity index (χ1) is 10.6. The van der Waals surface area contributed by atoms with Gasteiger partial charge in [0.2, 0.25) is 5.91 Å². The largest absolute Gasteiger partial charge is 0.426 e. The number of halogens is 3. The highest BCUT2D eigenvalue weighted by Crippen LogP contribution is 2.29. The molecule has 0 radical (unpaired) electrons. The van der Waals surface area contributed by atoms with Crippen LogP contribution in [0.5, 0.6) is 5.75 Å². The van der Waals surface area contributed by atoms with Gasteiger partial charge in [0.05, 0.1) is 5.92 Å². The zero-order valence-electron chi connectivity index (χ0n) is 13.2. The van der Waals surface area contributed by atoms with E-state index in [-0.39, 0.29) is 13.0 Å². The van der Waals surface area contributed by atoms with Crippen LogP contribution < -0.4 is 4.74 Å². The van der Waals surface area contributed by atoms with Gasteiger partial charge >= 0.3 is 12.1 Å². The van der Waals surface area contributed by atoms with Crippen LogP contribution in [0, 0.1) is 26.7 Å². The second-order valence-corrected chi connectivity index (χ2v) is 5.87. The number of nitrogens with zero attached hydrogens (tertiary/aromatic N) is 1. The number of esters is 1. The molecule has 1 aliphatic rings. The standard InChI is InChI=1S/C16H18F3NO3/c1-9-4-5-10(2)14(11(9)3)23-15(22)12-6-13(21)20(7-12)8-16(17,18)19/h4-5,12H,6-8H2,1-3H3. The molecule has 7 heteroatoms. The summed E-state index contributed by atoms with van der Waals surface area (Å²) in [4.78, 5) is 24.5. The molecule has 1 fully saturated rings. The predicted octanol–water partition coefficient (Wildman–Crippen LogP) is 2.93. The molecule has 2 rings (SSSR count). The SMILES string of the molecule is Cc1ccc(C)c(OC(=O)C2CC(=O)N(CC(F)(F)F)C2)c1C. The summed E-state index contributed by atoms with van der Waals surface area (Å²) in [7, 11) is 0. The fourth-order valence-corrected chi connectivity index (χ4v) is 2.57. The van der Waals surface area contributed by atoms with Gasteiger partial charge in [-0.25, -0.2) is 0 Å². The highest BCUT2D eigenvalue weighted by atomic mass is 19.4. The summed E-state index contributed by atoms with van der Waals surface area (Å²) < 4.78 is 42.6. The molecule has 126 valence electrons. The quantitative estimate of drug-likeness (QED) is 0.633. The maximum Gasteiger partial charge on any atom is 0.406 e. The number of aryl methyl sites for hydroxylation is 2. The van der Waals surface area contributed by atoms with Gasteiger partial charge in [0.25, 0.3) is 0 Å². The van der Waals surface area contributed by atoms with Gasteiger partial charge < -0.3 is 9.64 Å². The molecule has 0 aliphatic carbocycles. The van der Waals surface area contributed by atoms with E-state index in [9.17, 15) is 22.8 Å². The van der Waals surface area contributed by atoms with E-state index in [4.69, 9.17) is 4.74 Å². The zero-order chi connectivity index (χ0) is 17.4. The Hall–Kier alpha value is -2.05. The van der Waals surface area contributed by atoms with Crippen LogP contribution in [0.25, 0.3) is 0 Å². The van der Waals surface area contributed by atoms with Crippen LogP contribution in [-0.4, -0.2) is 36.0 Å². The first-order valence-electron chi connectivity index (χ1n) is 7.21. The number of ether oxygens (including phenoxy) is 1. The Balaban J connectivity index is 2.08. The smallest absolute Gasteiger partial charge is 0.406 e. The summed E-state index contributed by atoms with van der Waals surface area (Å²) in [5.74, 6) is -1.80. The summed E-state index contributed by atoms with van der Waals surface area (Å²) in [6, 6.07) is 3.70. The second kappa shape index (κ2) is 6.22. The molecule has 1 atom stereocenters. The minimum Gasteiger partial charge on any atom is -0.426 e. The third-order valence-electron chi connectivity index (χ3n) is 3.99. The number of hydrogen-bond donors (Lipinski definition) is 0. The molecule has 4 nitrogen and oxygen atoms in total. The average Bonchev–Trinajstić information content (AvgIpc) is 2.78. The van der Waals surface area contributed by atoms with Gasteiger partial charge in [0.15, 0.2) is 0 Å². The molecule has 1 aromatic rings. The zero-order valence-corrected chi connectivity index (χ0v) is 13.2. The lowest BCUT2D eigenvalue weighted by Crippen LogP contribution is -2.36. The molecule has 1 aliphatic heterocycles. The normalized spacial score (nSPS) is 18.4. The third-order valence-corrected chi connectivity index (χ3v) is 3.99. The number of hydrogen-bond acceptors (Lipinski definition) is 3. The molecule has 0 aromatic heterocycles. The number of amides is 1. The lowest BCUT2D eigenvalue weighted by molar-refractivity contribution is -0.157. The molecule has 1 heterocycles. The van der Waals surface area contributed by atoms with Crippen molar-refractivity contribution in [3.8, 4) is 5.75 Å². The van der Waals surface area contributed by atoms with Crippen LogP contribution in [0.15, 0.2) is 12.1 Å². The second-order valence-electron chi connectivity index (χ2n) is 5.87. The van der Waals surface area contributed by atoms with Crippen LogP contribution in [0.4, 0.5) is 13.2 Å². The summed E-state index contributed by atoms with van der Waals surface area (Å²) in [5, 5.41) is 0. The average molecular weight is 329 g/mol. The molecule has 0 saturated carbocycles. The van der Waals surface area contributed by atoms with E-state index in [1.807, 2.05) is 13.0 Å². The number of carbonyl (C=O) groups excluding carboxylic acids is 2. The Bertz CT molecular complexity index is 640. The first-order valence-corrected chi connectivity index (χ1v) is 7.21. The summed E-state index contributed by atoms with van der Waals surface area (Å²) in [6.45, 7) is 3.86. The molecule has 0 spiro atoms. The van der Waals surface area contributed by atoms with E-state index in [0.29, 0.717) is 10.6 Å². The van der Waals surface area contributed by atoms with Gasteiger partial charge in [-0.1, -0.05) is 12.1 Å². The number of likely N-dealkylation sites (tertiary alicyclic amines) is 1.